The van der Waals surface area contributed by atoms with E-state index in [1.54, 1.807) is 12.4 Å². The zero-order chi connectivity index (χ0) is 7.94. The van der Waals surface area contributed by atoms with E-state index < -0.39 is 0 Å². The number of rotatable bonds is 0. The molecule has 0 bridgehead atoms. The smallest absolute Gasteiger partial charge is 0.312 e. The van der Waals surface area contributed by atoms with Crippen molar-refractivity contribution in [2.45, 2.75) is 0 Å². The van der Waals surface area contributed by atoms with Gasteiger partial charge in [-0.2, -0.15) is 15.4 Å². The van der Waals surface area contributed by atoms with E-state index in [4.69, 9.17) is 5.73 Å². The van der Waals surface area contributed by atoms with Gasteiger partial charge in [-0.3, -0.25) is 0 Å². The molecule has 0 aliphatic rings. The summed E-state index contributed by atoms with van der Waals surface area (Å²) in [5, 5.41) is 15.9. The first kappa shape index (κ1) is 7.19. The molecule has 0 unspecified atom stereocenters. The lowest BCUT2D eigenvalue weighted by Crippen LogP contribution is -1.81. The van der Waals surface area contributed by atoms with Gasteiger partial charge in [0.1, 0.15) is 0 Å². The maximum atomic E-state index is 4.94. The molecule has 2 aromatic rings. The molecule has 3 N–H and O–H groups in total. The van der Waals surface area contributed by atoms with Crippen molar-refractivity contribution in [3.8, 4) is 0 Å². The third kappa shape index (κ3) is 2.94. The second-order valence-electron chi connectivity index (χ2n) is 1.43. The van der Waals surface area contributed by atoms with E-state index in [-0.39, 0.29) is 6.01 Å². The molecule has 0 aliphatic carbocycles. The normalized spacial score (nSPS) is 8.36. The van der Waals surface area contributed by atoms with Crippen LogP contribution in [-0.2, 0) is 0 Å². The quantitative estimate of drug-likeness (QED) is 0.527. The van der Waals surface area contributed by atoms with Crippen LogP contribution in [0.25, 0.3) is 0 Å². The Morgan fingerprint density at radius 3 is 2.27 bits per heavy atom. The van der Waals surface area contributed by atoms with Gasteiger partial charge >= 0.3 is 6.01 Å². The van der Waals surface area contributed by atoms with E-state index in [9.17, 15) is 0 Å². The van der Waals surface area contributed by atoms with Crippen molar-refractivity contribution in [3.05, 3.63) is 18.8 Å². The second-order valence-corrected chi connectivity index (χ2v) is 1.43. The predicted octanol–water partition coefficient (Wildman–Crippen LogP) is -0.544. The van der Waals surface area contributed by atoms with Crippen molar-refractivity contribution in [2.24, 2.45) is 0 Å². The van der Waals surface area contributed by atoms with Gasteiger partial charge in [-0.05, 0) is 0 Å². The van der Waals surface area contributed by atoms with Crippen molar-refractivity contribution in [1.29, 1.82) is 0 Å². The number of hydrogen-bond acceptors (Lipinski definition) is 6. The van der Waals surface area contributed by atoms with Gasteiger partial charge in [0, 0.05) is 0 Å². The van der Waals surface area contributed by atoms with Gasteiger partial charge < -0.3 is 10.2 Å². The fourth-order valence-electron chi connectivity index (χ4n) is 0.348. The minimum atomic E-state index is 0.106. The van der Waals surface area contributed by atoms with Gasteiger partial charge in [-0.25, -0.2) is 0 Å². The van der Waals surface area contributed by atoms with Crippen LogP contribution in [-0.4, -0.2) is 25.6 Å². The molecule has 11 heavy (non-hydrogen) atoms. The van der Waals surface area contributed by atoms with Gasteiger partial charge in [0.2, 0.25) is 6.39 Å². The highest BCUT2D eigenvalue weighted by Gasteiger charge is 1.80. The molecular weight excluding hydrogens is 148 g/mol. The lowest BCUT2D eigenvalue weighted by Gasteiger charge is -1.65. The van der Waals surface area contributed by atoms with Gasteiger partial charge in [0.05, 0.1) is 12.4 Å². The maximum absolute atomic E-state index is 4.94. The highest BCUT2D eigenvalue weighted by molar-refractivity contribution is 5.01. The lowest BCUT2D eigenvalue weighted by molar-refractivity contribution is 0.574. The Morgan fingerprint density at radius 2 is 2.09 bits per heavy atom. The van der Waals surface area contributed by atoms with Crippen molar-refractivity contribution < 1.29 is 4.42 Å². The number of nitrogens with one attached hydrogen (secondary N) is 1. The molecule has 0 fully saturated rings. The molecule has 0 aliphatic heterocycles. The van der Waals surface area contributed by atoms with Crippen LogP contribution in [0.15, 0.2) is 23.2 Å². The average molecular weight is 154 g/mol. The van der Waals surface area contributed by atoms with Crippen LogP contribution in [0.4, 0.5) is 6.01 Å². The summed E-state index contributed by atoms with van der Waals surface area (Å²) in [5.74, 6) is 0. The summed E-state index contributed by atoms with van der Waals surface area (Å²) >= 11 is 0. The average Bonchev–Trinajstić information content (AvgIpc) is 2.57. The van der Waals surface area contributed by atoms with E-state index in [0.29, 0.717) is 0 Å². The molecule has 0 radical (unpaired) electrons. The van der Waals surface area contributed by atoms with E-state index >= 15 is 0 Å². The highest BCUT2D eigenvalue weighted by atomic mass is 16.4. The highest BCUT2D eigenvalue weighted by Crippen LogP contribution is 1.85. The molecule has 0 saturated carbocycles. The second kappa shape index (κ2) is 3.99. The van der Waals surface area contributed by atoms with Crippen molar-refractivity contribution >= 4 is 6.01 Å². The first-order valence-electron chi connectivity index (χ1n) is 2.71. The molecule has 7 heteroatoms. The van der Waals surface area contributed by atoms with Crippen LogP contribution in [0, 0.1) is 0 Å². The Bertz CT molecular complexity index is 233. The summed E-state index contributed by atoms with van der Waals surface area (Å²) in [5.41, 5.74) is 4.94. The molecule has 0 saturated heterocycles. The zero-order valence-electron chi connectivity index (χ0n) is 5.51. The Labute approximate surface area is 61.6 Å². The van der Waals surface area contributed by atoms with E-state index in [1.807, 2.05) is 0 Å². The van der Waals surface area contributed by atoms with Crippen LogP contribution >= 0.6 is 0 Å². The topological polar surface area (TPSA) is 107 Å². The van der Waals surface area contributed by atoms with Gasteiger partial charge in [0.15, 0.2) is 0 Å². The molecule has 7 nitrogen and oxygen atoms in total. The van der Waals surface area contributed by atoms with Crippen LogP contribution in [0.2, 0.25) is 0 Å². The number of anilines is 1. The van der Waals surface area contributed by atoms with E-state index in [1.165, 1.54) is 6.39 Å². The van der Waals surface area contributed by atoms with Crippen molar-refractivity contribution in [1.82, 2.24) is 25.6 Å². The summed E-state index contributed by atoms with van der Waals surface area (Å²) in [6.07, 6.45) is 4.34. The van der Waals surface area contributed by atoms with Crippen molar-refractivity contribution in [3.63, 3.8) is 0 Å². The Balaban J connectivity index is 0.000000112. The molecule has 0 spiro atoms. The van der Waals surface area contributed by atoms with Crippen molar-refractivity contribution in [2.75, 3.05) is 5.73 Å². The molecular formula is C4H6N6O. The predicted molar refractivity (Wildman–Crippen MR) is 35.1 cm³/mol. The monoisotopic (exact) mass is 154 g/mol. The van der Waals surface area contributed by atoms with Gasteiger partial charge in [-0.1, -0.05) is 5.10 Å². The number of nitrogens with two attached hydrogens (primary N) is 1. The van der Waals surface area contributed by atoms with Gasteiger partial charge in [0.25, 0.3) is 0 Å². The first-order chi connectivity index (χ1) is 5.39. The van der Waals surface area contributed by atoms with Crippen LogP contribution < -0.4 is 5.73 Å². The largest absolute Gasteiger partial charge is 0.411 e. The Morgan fingerprint density at radius 1 is 1.36 bits per heavy atom. The Hall–Kier alpha value is -1.92. The molecule has 0 amide bonds. The Kier molecular flexibility index (Phi) is 2.61. The number of H-pyrrole nitrogens is 1. The zero-order valence-corrected chi connectivity index (χ0v) is 5.51. The SMILES string of the molecule is Nc1nnco1.c1cn[nH]n1. The molecule has 2 aromatic heterocycles. The maximum Gasteiger partial charge on any atom is 0.312 e. The number of nitrogens with zero attached hydrogens (tertiary/aromatic N) is 4. The molecule has 0 aromatic carbocycles. The van der Waals surface area contributed by atoms with E-state index in [2.05, 4.69) is 30.0 Å². The number of nitrogen functional groups attached to an aromatic ring is 1. The van der Waals surface area contributed by atoms with Crippen LogP contribution in [0.5, 0.6) is 0 Å². The molecule has 2 heterocycles. The minimum absolute atomic E-state index is 0.106. The van der Waals surface area contributed by atoms with Gasteiger partial charge in [-0.15, -0.1) is 5.10 Å². The summed E-state index contributed by atoms with van der Waals surface area (Å²) in [7, 11) is 0. The standard InChI is InChI=1S/C2H3N3O.C2H3N3/c3-2-5-4-1-6-2;1-2-4-5-3-1/h1H,(H2,3,5);1-2H,(H,3,4,5). The summed E-state index contributed by atoms with van der Waals surface area (Å²) in [6.45, 7) is 0. The molecule has 2 rings (SSSR count). The minimum Gasteiger partial charge on any atom is -0.411 e. The number of hydrogen-bond donors (Lipinski definition) is 2. The molecule has 0 atom stereocenters. The van der Waals surface area contributed by atoms with Crippen LogP contribution in [0.3, 0.4) is 0 Å². The lowest BCUT2D eigenvalue weighted by atomic mass is 11.0. The summed E-state index contributed by atoms with van der Waals surface area (Å²) < 4.78 is 4.39. The number of aromatic amines is 1. The molecule has 58 valence electrons. The summed E-state index contributed by atoms with van der Waals surface area (Å²) in [4.78, 5) is 0. The fourth-order valence-corrected chi connectivity index (χ4v) is 0.348. The van der Waals surface area contributed by atoms with E-state index in [0.717, 1.165) is 0 Å². The number of aromatic nitrogens is 5. The van der Waals surface area contributed by atoms with Crippen LogP contribution in [0.1, 0.15) is 0 Å². The third-order valence-electron chi connectivity index (χ3n) is 0.708. The first-order valence-corrected chi connectivity index (χ1v) is 2.71. The third-order valence-corrected chi connectivity index (χ3v) is 0.708. The summed E-state index contributed by atoms with van der Waals surface area (Å²) in [6, 6.07) is 0.106. The fraction of sp³-hybridized carbons (Fsp3) is 0.